The van der Waals surface area contributed by atoms with Crippen LogP contribution in [-0.2, 0) is 0 Å². The van der Waals surface area contributed by atoms with Crippen molar-refractivity contribution in [3.05, 3.63) is 12.2 Å². The van der Waals surface area contributed by atoms with Crippen molar-refractivity contribution in [3.8, 4) is 0 Å². The Labute approximate surface area is 69.1 Å². The minimum Gasteiger partial charge on any atom is -0.158 e. The Bertz CT molecular complexity index is 84.7. The van der Waals surface area contributed by atoms with E-state index < -0.39 is 0 Å². The van der Waals surface area contributed by atoms with Gasteiger partial charge in [-0.1, -0.05) is 32.9 Å². The standard InChI is InChI=1S/C9H18S/c1-4-5-6-7-10-8-9(2)3/h5-6,9H,4,7-8H2,1-3H3/b6-5-. The first-order valence-electron chi connectivity index (χ1n) is 4.00. The minimum absolute atomic E-state index is 0.833. The third-order valence-corrected chi connectivity index (χ3v) is 2.40. The molecule has 0 spiro atoms. The van der Waals surface area contributed by atoms with Gasteiger partial charge in [-0.05, 0) is 18.1 Å². The maximum atomic E-state index is 2.26. The lowest BCUT2D eigenvalue weighted by molar-refractivity contribution is 0.751. The van der Waals surface area contributed by atoms with Gasteiger partial charge in [0.2, 0.25) is 0 Å². The van der Waals surface area contributed by atoms with E-state index in [0.29, 0.717) is 0 Å². The fourth-order valence-electron chi connectivity index (χ4n) is 0.606. The van der Waals surface area contributed by atoms with Crippen molar-refractivity contribution in [1.29, 1.82) is 0 Å². The number of thioether (sulfide) groups is 1. The molecule has 1 heteroatoms. The molecule has 60 valence electrons. The Kier molecular flexibility index (Phi) is 7.26. The molecule has 10 heavy (non-hydrogen) atoms. The predicted molar refractivity (Wildman–Crippen MR) is 51.6 cm³/mol. The predicted octanol–water partition coefficient (Wildman–Crippen LogP) is 3.34. The van der Waals surface area contributed by atoms with Gasteiger partial charge in [-0.2, -0.15) is 11.8 Å². The summed E-state index contributed by atoms with van der Waals surface area (Å²) in [6.07, 6.45) is 5.66. The minimum atomic E-state index is 0.833. The molecule has 0 rings (SSSR count). The Hall–Kier alpha value is 0.0900. The van der Waals surface area contributed by atoms with Crippen molar-refractivity contribution in [3.63, 3.8) is 0 Å². The van der Waals surface area contributed by atoms with Crippen LogP contribution in [0.5, 0.6) is 0 Å². The van der Waals surface area contributed by atoms with E-state index in [1.54, 1.807) is 0 Å². The van der Waals surface area contributed by atoms with Crippen LogP contribution < -0.4 is 0 Å². The lowest BCUT2D eigenvalue weighted by Gasteiger charge is -2.00. The van der Waals surface area contributed by atoms with E-state index in [1.165, 1.54) is 17.9 Å². The Morgan fingerprint density at radius 1 is 1.30 bits per heavy atom. The van der Waals surface area contributed by atoms with Crippen molar-refractivity contribution in [1.82, 2.24) is 0 Å². The van der Waals surface area contributed by atoms with Gasteiger partial charge in [-0.3, -0.25) is 0 Å². The van der Waals surface area contributed by atoms with Gasteiger partial charge in [-0.15, -0.1) is 0 Å². The maximum Gasteiger partial charge on any atom is 0.0113 e. The zero-order valence-electron chi connectivity index (χ0n) is 7.26. The smallest absolute Gasteiger partial charge is 0.0113 e. The van der Waals surface area contributed by atoms with Crippen LogP contribution in [0.3, 0.4) is 0 Å². The van der Waals surface area contributed by atoms with Gasteiger partial charge in [0.25, 0.3) is 0 Å². The summed E-state index contributed by atoms with van der Waals surface area (Å²) in [5.74, 6) is 3.31. The molecule has 0 amide bonds. The Balaban J connectivity index is 2.97. The molecule has 0 radical (unpaired) electrons. The lowest BCUT2D eigenvalue weighted by atomic mass is 10.3. The zero-order chi connectivity index (χ0) is 7.82. The topological polar surface area (TPSA) is 0 Å². The molecule has 0 N–H and O–H groups in total. The molecule has 0 atom stereocenters. The van der Waals surface area contributed by atoms with Crippen LogP contribution >= 0.6 is 11.8 Å². The molecule has 0 bridgehead atoms. The average Bonchev–Trinajstić information content (AvgIpc) is 1.87. The van der Waals surface area contributed by atoms with Crippen LogP contribution in [0.1, 0.15) is 27.2 Å². The summed E-state index contributed by atoms with van der Waals surface area (Å²) in [6.45, 7) is 6.69. The molecule has 0 fully saturated rings. The van der Waals surface area contributed by atoms with Gasteiger partial charge in [0.1, 0.15) is 0 Å². The molecule has 0 heterocycles. The molecule has 0 saturated carbocycles. The summed E-state index contributed by atoms with van der Waals surface area (Å²) < 4.78 is 0. The first-order valence-corrected chi connectivity index (χ1v) is 5.15. The number of hydrogen-bond donors (Lipinski definition) is 0. The summed E-state index contributed by atoms with van der Waals surface area (Å²) in [7, 11) is 0. The molecule has 0 saturated heterocycles. The summed E-state index contributed by atoms with van der Waals surface area (Å²) in [5.41, 5.74) is 0. The second kappa shape index (κ2) is 7.20. The van der Waals surface area contributed by atoms with Gasteiger partial charge in [0.15, 0.2) is 0 Å². The summed E-state index contributed by atoms with van der Waals surface area (Å²) >= 11 is 2.01. The van der Waals surface area contributed by atoms with E-state index in [-0.39, 0.29) is 0 Å². The molecule has 0 unspecified atom stereocenters. The molecule has 0 aromatic carbocycles. The molecular weight excluding hydrogens is 140 g/mol. The maximum absolute atomic E-state index is 2.26. The van der Waals surface area contributed by atoms with Crippen LogP contribution in [0.25, 0.3) is 0 Å². The van der Waals surface area contributed by atoms with Gasteiger partial charge >= 0.3 is 0 Å². The van der Waals surface area contributed by atoms with E-state index >= 15 is 0 Å². The lowest BCUT2D eigenvalue weighted by Crippen LogP contribution is -1.90. The van der Waals surface area contributed by atoms with E-state index in [9.17, 15) is 0 Å². The second-order valence-electron chi connectivity index (χ2n) is 2.81. The fraction of sp³-hybridized carbons (Fsp3) is 0.778. The fourth-order valence-corrected chi connectivity index (χ4v) is 1.49. The van der Waals surface area contributed by atoms with E-state index in [2.05, 4.69) is 32.9 Å². The van der Waals surface area contributed by atoms with Crippen molar-refractivity contribution in [2.24, 2.45) is 5.92 Å². The largest absolute Gasteiger partial charge is 0.158 e. The normalized spacial score (nSPS) is 11.6. The average molecular weight is 158 g/mol. The number of rotatable bonds is 5. The molecule has 0 nitrogen and oxygen atoms in total. The molecular formula is C9H18S. The highest BCUT2D eigenvalue weighted by Gasteiger charge is 1.90. The van der Waals surface area contributed by atoms with Gasteiger partial charge in [0, 0.05) is 5.75 Å². The summed E-state index contributed by atoms with van der Waals surface area (Å²) in [4.78, 5) is 0. The van der Waals surface area contributed by atoms with E-state index in [1.807, 2.05) is 11.8 Å². The molecule has 0 aliphatic heterocycles. The number of allylic oxidation sites excluding steroid dienone is 1. The first kappa shape index (κ1) is 10.1. The monoisotopic (exact) mass is 158 g/mol. The number of hydrogen-bond acceptors (Lipinski definition) is 1. The molecule has 0 aliphatic rings. The van der Waals surface area contributed by atoms with Crippen LogP contribution in [-0.4, -0.2) is 11.5 Å². The second-order valence-corrected chi connectivity index (χ2v) is 3.89. The summed E-state index contributed by atoms with van der Waals surface area (Å²) in [5, 5.41) is 0. The van der Waals surface area contributed by atoms with Crippen molar-refractivity contribution in [2.45, 2.75) is 27.2 Å². The highest BCUT2D eigenvalue weighted by Crippen LogP contribution is 2.06. The SMILES string of the molecule is CC/C=C\CSCC(C)C. The van der Waals surface area contributed by atoms with Gasteiger partial charge < -0.3 is 0 Å². The molecule has 0 aliphatic carbocycles. The van der Waals surface area contributed by atoms with Gasteiger partial charge in [0.05, 0.1) is 0 Å². The van der Waals surface area contributed by atoms with Crippen LogP contribution in [0.15, 0.2) is 12.2 Å². The highest BCUT2D eigenvalue weighted by molar-refractivity contribution is 7.99. The molecule has 0 aromatic rings. The van der Waals surface area contributed by atoms with Crippen molar-refractivity contribution in [2.75, 3.05) is 11.5 Å². The molecule has 0 aromatic heterocycles. The quantitative estimate of drug-likeness (QED) is 0.437. The third kappa shape index (κ3) is 8.09. The van der Waals surface area contributed by atoms with E-state index in [0.717, 1.165) is 5.92 Å². The van der Waals surface area contributed by atoms with Crippen LogP contribution in [0.4, 0.5) is 0 Å². The highest BCUT2D eigenvalue weighted by atomic mass is 32.2. The Morgan fingerprint density at radius 3 is 2.50 bits per heavy atom. The Morgan fingerprint density at radius 2 is 2.00 bits per heavy atom. The summed E-state index contributed by atoms with van der Waals surface area (Å²) in [6, 6.07) is 0. The van der Waals surface area contributed by atoms with Crippen LogP contribution in [0, 0.1) is 5.92 Å². The first-order chi connectivity index (χ1) is 4.77. The van der Waals surface area contributed by atoms with Crippen molar-refractivity contribution >= 4 is 11.8 Å². The van der Waals surface area contributed by atoms with Crippen molar-refractivity contribution < 1.29 is 0 Å². The zero-order valence-corrected chi connectivity index (χ0v) is 8.08. The third-order valence-electron chi connectivity index (χ3n) is 1.07. The van der Waals surface area contributed by atoms with Gasteiger partial charge in [-0.25, -0.2) is 0 Å². The van der Waals surface area contributed by atoms with E-state index in [4.69, 9.17) is 0 Å². The van der Waals surface area contributed by atoms with Crippen LogP contribution in [0.2, 0.25) is 0 Å².